The highest BCUT2D eigenvalue weighted by molar-refractivity contribution is 5.69. The maximum absolute atomic E-state index is 12.6. The zero-order chi connectivity index (χ0) is 16.9. The topological polar surface area (TPSA) is 45.7 Å². The van der Waals surface area contributed by atoms with Gasteiger partial charge in [0.15, 0.2) is 0 Å². The average Bonchev–Trinajstić information content (AvgIpc) is 3.10. The van der Waals surface area contributed by atoms with Crippen LogP contribution in [-0.2, 0) is 11.3 Å². The number of hydrogen-bond acceptors (Lipinski definition) is 4. The van der Waals surface area contributed by atoms with Crippen LogP contribution in [0.15, 0.2) is 48.7 Å². The van der Waals surface area contributed by atoms with Gasteiger partial charge in [0.1, 0.15) is 12.4 Å². The fraction of sp³-hybridized carbons (Fsp3) is 0.368. The summed E-state index contributed by atoms with van der Waals surface area (Å²) < 4.78 is 5.52. The van der Waals surface area contributed by atoms with Gasteiger partial charge in [-0.3, -0.25) is 0 Å². The highest BCUT2D eigenvalue weighted by atomic mass is 16.6. The van der Waals surface area contributed by atoms with Gasteiger partial charge in [-0.25, -0.2) is 9.78 Å². The van der Waals surface area contributed by atoms with Gasteiger partial charge in [0.05, 0.1) is 6.04 Å². The Balaban J connectivity index is 1.72. The highest BCUT2D eigenvalue weighted by Gasteiger charge is 2.33. The summed E-state index contributed by atoms with van der Waals surface area (Å²) in [6.07, 6.45) is 3.45. The van der Waals surface area contributed by atoms with E-state index >= 15 is 0 Å². The van der Waals surface area contributed by atoms with Crippen LogP contribution in [0, 0.1) is 0 Å². The van der Waals surface area contributed by atoms with Gasteiger partial charge in [-0.1, -0.05) is 36.4 Å². The van der Waals surface area contributed by atoms with Crippen LogP contribution >= 0.6 is 0 Å². The molecule has 3 rings (SSSR count). The van der Waals surface area contributed by atoms with Crippen molar-refractivity contribution < 1.29 is 9.53 Å². The second-order valence-electron chi connectivity index (χ2n) is 6.20. The van der Waals surface area contributed by atoms with Crippen molar-refractivity contribution in [2.45, 2.75) is 25.5 Å². The average molecular weight is 325 g/mol. The number of rotatable bonds is 4. The van der Waals surface area contributed by atoms with Crippen molar-refractivity contribution in [2.75, 3.05) is 25.5 Å². The minimum Gasteiger partial charge on any atom is -0.445 e. The minimum absolute atomic E-state index is 0.0272. The van der Waals surface area contributed by atoms with Crippen molar-refractivity contribution >= 4 is 11.9 Å². The quantitative estimate of drug-likeness (QED) is 0.861. The number of hydrogen-bond donors (Lipinski definition) is 0. The van der Waals surface area contributed by atoms with E-state index in [1.165, 1.54) is 0 Å². The first-order valence-electron chi connectivity index (χ1n) is 8.26. The number of likely N-dealkylation sites (tertiary alicyclic amines) is 1. The summed E-state index contributed by atoms with van der Waals surface area (Å²) in [7, 11) is 3.94. The molecule has 0 saturated carbocycles. The molecule has 126 valence electrons. The van der Waals surface area contributed by atoms with Crippen molar-refractivity contribution in [1.29, 1.82) is 0 Å². The van der Waals surface area contributed by atoms with Crippen LogP contribution in [0.25, 0.3) is 0 Å². The van der Waals surface area contributed by atoms with E-state index in [0.717, 1.165) is 36.3 Å². The summed E-state index contributed by atoms with van der Waals surface area (Å²) in [6, 6.07) is 13.8. The molecule has 1 amide bonds. The first kappa shape index (κ1) is 16.3. The van der Waals surface area contributed by atoms with Crippen LogP contribution in [0.4, 0.5) is 10.6 Å². The van der Waals surface area contributed by atoms with E-state index in [9.17, 15) is 4.79 Å². The maximum Gasteiger partial charge on any atom is 0.410 e. The van der Waals surface area contributed by atoms with E-state index in [2.05, 4.69) is 11.1 Å². The number of carbonyl (C=O) groups is 1. The van der Waals surface area contributed by atoms with E-state index in [-0.39, 0.29) is 12.1 Å². The molecule has 0 bridgehead atoms. The molecule has 2 heterocycles. The SMILES string of the molecule is CN(C)c1ncccc1[C@@H]1CCCN1C(=O)OCc1ccccc1. The molecular formula is C19H23N3O2. The summed E-state index contributed by atoms with van der Waals surface area (Å²) >= 11 is 0. The van der Waals surface area contributed by atoms with Crippen LogP contribution in [0.5, 0.6) is 0 Å². The third kappa shape index (κ3) is 3.50. The highest BCUT2D eigenvalue weighted by Crippen LogP contribution is 2.36. The number of benzene rings is 1. The Morgan fingerprint density at radius 1 is 1.25 bits per heavy atom. The molecule has 1 saturated heterocycles. The van der Waals surface area contributed by atoms with E-state index in [4.69, 9.17) is 4.74 Å². The predicted octanol–water partition coefficient (Wildman–Crippen LogP) is 3.62. The first-order chi connectivity index (χ1) is 11.7. The number of amides is 1. The van der Waals surface area contributed by atoms with Crippen LogP contribution < -0.4 is 4.90 Å². The summed E-state index contributed by atoms with van der Waals surface area (Å²) in [5.74, 6) is 0.908. The number of aromatic nitrogens is 1. The van der Waals surface area contributed by atoms with Gasteiger partial charge in [0.25, 0.3) is 0 Å². The third-order valence-corrected chi connectivity index (χ3v) is 4.29. The molecule has 5 nitrogen and oxygen atoms in total. The van der Waals surface area contributed by atoms with Gasteiger partial charge in [-0.15, -0.1) is 0 Å². The van der Waals surface area contributed by atoms with Crippen LogP contribution in [-0.4, -0.2) is 36.6 Å². The van der Waals surface area contributed by atoms with Crippen LogP contribution in [0.2, 0.25) is 0 Å². The molecule has 1 aliphatic rings. The molecule has 1 atom stereocenters. The van der Waals surface area contributed by atoms with E-state index in [1.807, 2.05) is 60.3 Å². The minimum atomic E-state index is -0.255. The Bertz CT molecular complexity index is 688. The van der Waals surface area contributed by atoms with E-state index in [1.54, 1.807) is 6.20 Å². The van der Waals surface area contributed by atoms with Gasteiger partial charge in [-0.2, -0.15) is 0 Å². The number of anilines is 1. The zero-order valence-electron chi connectivity index (χ0n) is 14.2. The van der Waals surface area contributed by atoms with Crippen molar-refractivity contribution in [3.05, 3.63) is 59.8 Å². The lowest BCUT2D eigenvalue weighted by molar-refractivity contribution is 0.0921. The second kappa shape index (κ2) is 7.34. The fourth-order valence-corrected chi connectivity index (χ4v) is 3.15. The molecule has 0 radical (unpaired) electrons. The van der Waals surface area contributed by atoms with E-state index in [0.29, 0.717) is 6.61 Å². The fourth-order valence-electron chi connectivity index (χ4n) is 3.15. The van der Waals surface area contributed by atoms with Crippen LogP contribution in [0.3, 0.4) is 0 Å². The molecule has 1 aromatic carbocycles. The van der Waals surface area contributed by atoms with Crippen molar-refractivity contribution in [3.8, 4) is 0 Å². The molecule has 0 N–H and O–H groups in total. The van der Waals surface area contributed by atoms with Crippen molar-refractivity contribution in [2.24, 2.45) is 0 Å². The Morgan fingerprint density at radius 2 is 2.04 bits per heavy atom. The monoisotopic (exact) mass is 325 g/mol. The Labute approximate surface area is 142 Å². The van der Waals surface area contributed by atoms with Gasteiger partial charge >= 0.3 is 6.09 Å². The number of nitrogens with zero attached hydrogens (tertiary/aromatic N) is 3. The standard InChI is InChI=1S/C19H23N3O2/c1-21(2)18-16(10-6-12-20-18)17-11-7-13-22(17)19(23)24-14-15-8-4-3-5-9-15/h3-6,8-10,12,17H,7,11,13-14H2,1-2H3/t17-/m0/s1. The van der Waals surface area contributed by atoms with Gasteiger partial charge in [-0.05, 0) is 24.5 Å². The first-order valence-corrected chi connectivity index (χ1v) is 8.26. The summed E-state index contributed by atoms with van der Waals surface area (Å²) in [4.78, 5) is 20.8. The smallest absolute Gasteiger partial charge is 0.410 e. The molecule has 1 aromatic heterocycles. The lowest BCUT2D eigenvalue weighted by atomic mass is 10.1. The number of carbonyl (C=O) groups excluding carboxylic acids is 1. The molecule has 5 heteroatoms. The van der Waals surface area contributed by atoms with E-state index < -0.39 is 0 Å². The molecule has 24 heavy (non-hydrogen) atoms. The Morgan fingerprint density at radius 3 is 2.79 bits per heavy atom. The van der Waals surface area contributed by atoms with Gasteiger partial charge in [0, 0.05) is 32.4 Å². The maximum atomic E-state index is 12.6. The molecule has 0 unspecified atom stereocenters. The third-order valence-electron chi connectivity index (χ3n) is 4.29. The normalized spacial score (nSPS) is 16.9. The van der Waals surface area contributed by atoms with Gasteiger partial charge in [0.2, 0.25) is 0 Å². The number of ether oxygens (including phenoxy) is 1. The lowest BCUT2D eigenvalue weighted by Crippen LogP contribution is -2.32. The second-order valence-corrected chi connectivity index (χ2v) is 6.20. The molecule has 0 aliphatic carbocycles. The largest absolute Gasteiger partial charge is 0.445 e. The Hall–Kier alpha value is -2.56. The van der Waals surface area contributed by atoms with Gasteiger partial charge < -0.3 is 14.5 Å². The molecule has 2 aromatic rings. The summed E-state index contributed by atoms with van der Waals surface area (Å²) in [5, 5.41) is 0. The predicted molar refractivity (Wildman–Crippen MR) is 93.9 cm³/mol. The Kier molecular flexibility index (Phi) is 4.99. The summed E-state index contributed by atoms with van der Waals surface area (Å²) in [5.41, 5.74) is 2.08. The molecule has 1 aliphatic heterocycles. The zero-order valence-corrected chi connectivity index (χ0v) is 14.2. The van der Waals surface area contributed by atoms with Crippen molar-refractivity contribution in [1.82, 2.24) is 9.88 Å². The van der Waals surface area contributed by atoms with Crippen LogP contribution in [0.1, 0.15) is 30.0 Å². The molecule has 1 fully saturated rings. The molecular weight excluding hydrogens is 302 g/mol. The number of pyridine rings is 1. The molecule has 0 spiro atoms. The summed E-state index contributed by atoms with van der Waals surface area (Å²) in [6.45, 7) is 1.02. The lowest BCUT2D eigenvalue weighted by Gasteiger charge is -2.27. The van der Waals surface area contributed by atoms with Crippen molar-refractivity contribution in [3.63, 3.8) is 0 Å².